The molecule has 1 N–H and O–H groups in total. The minimum Gasteiger partial charge on any atom is -0.497 e. The number of carbonyl (C=O) groups excluding carboxylic acids is 1. The van der Waals surface area contributed by atoms with Crippen molar-refractivity contribution in [3.8, 4) is 22.6 Å². The normalized spacial score (nSPS) is 10.9. The van der Waals surface area contributed by atoms with Gasteiger partial charge < -0.3 is 19.4 Å². The molecule has 0 atom stereocenters. The summed E-state index contributed by atoms with van der Waals surface area (Å²) in [5.41, 5.74) is 5.30. The van der Waals surface area contributed by atoms with Gasteiger partial charge in [0.15, 0.2) is 0 Å². The van der Waals surface area contributed by atoms with Crippen LogP contribution in [0.2, 0.25) is 0 Å². The molecule has 5 aromatic rings. The lowest BCUT2D eigenvalue weighted by Crippen LogP contribution is -2.28. The predicted molar refractivity (Wildman–Crippen MR) is 151 cm³/mol. The maximum atomic E-state index is 12.6. The number of methoxy groups -OCH3 is 1. The lowest BCUT2D eigenvalue weighted by atomic mass is 10.0. The zero-order valence-electron chi connectivity index (χ0n) is 21.5. The number of aromatic nitrogens is 2. The molecule has 0 saturated heterocycles. The summed E-state index contributed by atoms with van der Waals surface area (Å²) in [6, 6.07) is 34.1. The number of nitrogens with one attached hydrogen (secondary N) is 1. The van der Waals surface area contributed by atoms with Crippen LogP contribution >= 0.6 is 0 Å². The van der Waals surface area contributed by atoms with Crippen molar-refractivity contribution in [2.24, 2.45) is 0 Å². The topological polar surface area (TPSA) is 65.4 Å². The Morgan fingerprint density at radius 1 is 0.842 bits per heavy atom. The van der Waals surface area contributed by atoms with E-state index in [0.29, 0.717) is 32.5 Å². The van der Waals surface area contributed by atoms with Crippen LogP contribution in [0.15, 0.2) is 103 Å². The molecule has 6 nitrogen and oxygen atoms in total. The molecule has 0 aliphatic heterocycles. The van der Waals surface area contributed by atoms with Gasteiger partial charge in [-0.3, -0.25) is 4.79 Å². The average molecular weight is 506 g/mol. The SMILES string of the molecule is COc1cccc(OCCn2c(CCNC(=O)Cc3ccc(-c4ccccc4)cc3)nc3ccccc32)c1. The molecule has 6 heteroatoms. The van der Waals surface area contributed by atoms with E-state index in [4.69, 9.17) is 14.5 Å². The molecule has 0 unspecified atom stereocenters. The van der Waals surface area contributed by atoms with Gasteiger partial charge in [-0.2, -0.15) is 0 Å². The van der Waals surface area contributed by atoms with Gasteiger partial charge in [0.05, 0.1) is 31.1 Å². The highest BCUT2D eigenvalue weighted by molar-refractivity contribution is 5.79. The number of benzene rings is 4. The molecule has 192 valence electrons. The van der Waals surface area contributed by atoms with E-state index >= 15 is 0 Å². The first-order valence-corrected chi connectivity index (χ1v) is 12.8. The molecule has 0 bridgehead atoms. The third-order valence-electron chi connectivity index (χ3n) is 6.45. The summed E-state index contributed by atoms with van der Waals surface area (Å²) in [6.45, 7) is 1.65. The van der Waals surface area contributed by atoms with Crippen LogP contribution in [-0.4, -0.2) is 35.7 Å². The molecule has 5 rings (SSSR count). The first kappa shape index (κ1) is 25.1. The Balaban J connectivity index is 1.17. The Morgan fingerprint density at radius 2 is 1.58 bits per heavy atom. The van der Waals surface area contributed by atoms with Gasteiger partial charge in [-0.15, -0.1) is 0 Å². The summed E-state index contributed by atoms with van der Waals surface area (Å²) in [5, 5.41) is 3.05. The Bertz CT molecular complexity index is 1490. The highest BCUT2D eigenvalue weighted by Gasteiger charge is 2.12. The zero-order chi connectivity index (χ0) is 26.2. The lowest BCUT2D eigenvalue weighted by Gasteiger charge is -2.12. The minimum absolute atomic E-state index is 0.00137. The third kappa shape index (κ3) is 6.21. The monoisotopic (exact) mass is 505 g/mol. The predicted octanol–water partition coefficient (Wildman–Crippen LogP) is 5.69. The van der Waals surface area contributed by atoms with Crippen LogP contribution in [0.1, 0.15) is 11.4 Å². The molecule has 0 spiro atoms. The largest absolute Gasteiger partial charge is 0.497 e. The molecule has 0 saturated carbocycles. The summed E-state index contributed by atoms with van der Waals surface area (Å²) in [4.78, 5) is 17.4. The highest BCUT2D eigenvalue weighted by Crippen LogP contribution is 2.21. The Hall–Kier alpha value is -4.58. The van der Waals surface area contributed by atoms with E-state index in [1.54, 1.807) is 7.11 Å². The van der Waals surface area contributed by atoms with Crippen LogP contribution < -0.4 is 14.8 Å². The molecule has 0 aliphatic carbocycles. The van der Waals surface area contributed by atoms with Gasteiger partial charge in [-0.25, -0.2) is 4.98 Å². The van der Waals surface area contributed by atoms with Gasteiger partial charge in [-0.1, -0.05) is 72.8 Å². The van der Waals surface area contributed by atoms with Gasteiger partial charge in [0.2, 0.25) is 5.91 Å². The molecule has 1 heterocycles. The fourth-order valence-electron chi connectivity index (χ4n) is 4.52. The number of rotatable bonds is 11. The standard InChI is InChI=1S/C32H31N3O3/c1-37-27-10-7-11-28(23-27)38-21-20-35-30-13-6-5-12-29(30)34-31(35)18-19-33-32(36)22-24-14-16-26(17-15-24)25-8-3-2-4-9-25/h2-17,23H,18-22H2,1H3,(H,33,36). The molecule has 38 heavy (non-hydrogen) atoms. The van der Waals surface area contributed by atoms with E-state index in [9.17, 15) is 4.79 Å². The smallest absolute Gasteiger partial charge is 0.224 e. The van der Waals surface area contributed by atoms with Crippen LogP contribution in [0.4, 0.5) is 0 Å². The van der Waals surface area contributed by atoms with Crippen LogP contribution in [0.25, 0.3) is 22.2 Å². The van der Waals surface area contributed by atoms with Crippen molar-refractivity contribution < 1.29 is 14.3 Å². The summed E-state index contributed by atoms with van der Waals surface area (Å²) < 4.78 is 13.4. The van der Waals surface area contributed by atoms with Crippen molar-refractivity contribution >= 4 is 16.9 Å². The number of para-hydroxylation sites is 2. The molecule has 4 aromatic carbocycles. The van der Waals surface area contributed by atoms with E-state index in [-0.39, 0.29) is 5.91 Å². The Labute approximate surface area is 222 Å². The number of carbonyl (C=O) groups is 1. The lowest BCUT2D eigenvalue weighted by molar-refractivity contribution is -0.120. The van der Waals surface area contributed by atoms with Crippen molar-refractivity contribution in [2.75, 3.05) is 20.3 Å². The van der Waals surface area contributed by atoms with Crippen molar-refractivity contribution in [1.29, 1.82) is 0 Å². The number of hydrogen-bond donors (Lipinski definition) is 1. The van der Waals surface area contributed by atoms with Crippen LogP contribution in [0.3, 0.4) is 0 Å². The van der Waals surface area contributed by atoms with Crippen LogP contribution in [-0.2, 0) is 24.2 Å². The molecule has 0 radical (unpaired) electrons. The van der Waals surface area contributed by atoms with E-state index in [2.05, 4.69) is 40.2 Å². The van der Waals surface area contributed by atoms with Crippen LogP contribution in [0.5, 0.6) is 11.5 Å². The van der Waals surface area contributed by atoms with Crippen molar-refractivity contribution in [3.63, 3.8) is 0 Å². The van der Waals surface area contributed by atoms with Gasteiger partial charge in [0, 0.05) is 19.0 Å². The molecule has 0 fully saturated rings. The number of hydrogen-bond acceptors (Lipinski definition) is 4. The maximum Gasteiger partial charge on any atom is 0.224 e. The molecule has 1 amide bonds. The number of amides is 1. The number of ether oxygens (including phenoxy) is 2. The van der Waals surface area contributed by atoms with Crippen molar-refractivity contribution in [1.82, 2.24) is 14.9 Å². The average Bonchev–Trinajstić information content (AvgIpc) is 3.31. The van der Waals surface area contributed by atoms with E-state index in [1.807, 2.05) is 72.8 Å². The molecule has 0 aliphatic rings. The van der Waals surface area contributed by atoms with Gasteiger partial charge in [-0.05, 0) is 41.0 Å². The quantitative estimate of drug-likeness (QED) is 0.250. The Morgan fingerprint density at radius 3 is 2.39 bits per heavy atom. The first-order chi connectivity index (χ1) is 18.7. The molecule has 1 aromatic heterocycles. The fraction of sp³-hybridized carbons (Fsp3) is 0.188. The van der Waals surface area contributed by atoms with E-state index < -0.39 is 0 Å². The molecular formula is C32H31N3O3. The van der Waals surface area contributed by atoms with Gasteiger partial charge in [0.1, 0.15) is 23.9 Å². The summed E-state index contributed by atoms with van der Waals surface area (Å²) in [7, 11) is 1.64. The fourth-order valence-corrected chi connectivity index (χ4v) is 4.52. The van der Waals surface area contributed by atoms with Crippen molar-refractivity contribution in [2.45, 2.75) is 19.4 Å². The summed E-state index contributed by atoms with van der Waals surface area (Å²) in [6.07, 6.45) is 0.979. The highest BCUT2D eigenvalue weighted by atomic mass is 16.5. The van der Waals surface area contributed by atoms with Crippen molar-refractivity contribution in [3.05, 3.63) is 115 Å². The first-order valence-electron chi connectivity index (χ1n) is 12.8. The van der Waals surface area contributed by atoms with E-state index in [1.165, 1.54) is 5.56 Å². The second-order valence-corrected chi connectivity index (χ2v) is 9.04. The van der Waals surface area contributed by atoms with Gasteiger partial charge in [0.25, 0.3) is 0 Å². The number of imidazole rings is 1. The molecular weight excluding hydrogens is 474 g/mol. The second-order valence-electron chi connectivity index (χ2n) is 9.04. The second kappa shape index (κ2) is 12.1. The summed E-state index contributed by atoms with van der Waals surface area (Å²) >= 11 is 0. The van der Waals surface area contributed by atoms with Crippen LogP contribution in [0, 0.1) is 0 Å². The zero-order valence-corrected chi connectivity index (χ0v) is 21.5. The third-order valence-corrected chi connectivity index (χ3v) is 6.45. The van der Waals surface area contributed by atoms with E-state index in [0.717, 1.165) is 39.5 Å². The minimum atomic E-state index is 0.00137. The number of fused-ring (bicyclic) bond motifs is 1. The number of nitrogens with zero attached hydrogens (tertiary/aromatic N) is 2. The Kier molecular flexibility index (Phi) is 7.99. The van der Waals surface area contributed by atoms with Gasteiger partial charge >= 0.3 is 0 Å². The summed E-state index contributed by atoms with van der Waals surface area (Å²) in [5.74, 6) is 2.45. The maximum absolute atomic E-state index is 12.6.